The van der Waals surface area contributed by atoms with Gasteiger partial charge in [-0.05, 0) is 44.4 Å². The minimum Gasteiger partial charge on any atom is -0.466 e. The van der Waals surface area contributed by atoms with Crippen LogP contribution in [0.25, 0.3) is 0 Å². The molecule has 2 aliphatic rings. The first-order chi connectivity index (χ1) is 8.20. The number of hydrogen-bond acceptors (Lipinski definition) is 4. The summed E-state index contributed by atoms with van der Waals surface area (Å²) in [5, 5.41) is 13.2. The first-order valence-corrected chi connectivity index (χ1v) is 6.77. The van der Waals surface area contributed by atoms with Crippen molar-refractivity contribution < 1.29 is 14.6 Å². The van der Waals surface area contributed by atoms with Gasteiger partial charge in [-0.1, -0.05) is 0 Å². The Morgan fingerprint density at radius 1 is 1.35 bits per heavy atom. The Hall–Kier alpha value is -0.610. The van der Waals surface area contributed by atoms with Gasteiger partial charge in [-0.2, -0.15) is 0 Å². The van der Waals surface area contributed by atoms with Gasteiger partial charge < -0.3 is 15.2 Å². The number of nitrogens with one attached hydrogen (secondary N) is 1. The van der Waals surface area contributed by atoms with Gasteiger partial charge in [-0.15, -0.1) is 0 Å². The molecule has 0 aromatic rings. The third-order valence-corrected chi connectivity index (χ3v) is 3.56. The lowest BCUT2D eigenvalue weighted by molar-refractivity contribution is -0.145. The normalized spacial score (nSPS) is 21.6. The zero-order valence-corrected chi connectivity index (χ0v) is 10.5. The number of carbonyl (C=O) groups excluding carboxylic acids is 1. The Bertz CT molecular complexity index is 249. The van der Waals surface area contributed by atoms with Gasteiger partial charge in [-0.25, -0.2) is 0 Å². The third-order valence-electron chi connectivity index (χ3n) is 3.56. The fraction of sp³-hybridized carbons (Fsp3) is 0.923. The van der Waals surface area contributed by atoms with Gasteiger partial charge in [0.2, 0.25) is 0 Å². The van der Waals surface area contributed by atoms with Gasteiger partial charge in [0.1, 0.15) is 0 Å². The number of rotatable bonds is 8. The lowest BCUT2D eigenvalue weighted by Crippen LogP contribution is -2.39. The average Bonchev–Trinajstić information content (AvgIpc) is 3.13. The molecule has 0 aliphatic heterocycles. The van der Waals surface area contributed by atoms with Gasteiger partial charge in [0, 0.05) is 12.6 Å². The fourth-order valence-corrected chi connectivity index (χ4v) is 2.39. The number of ether oxygens (including phenoxy) is 1. The highest BCUT2D eigenvalue weighted by Crippen LogP contribution is 2.44. The Morgan fingerprint density at radius 2 is 1.94 bits per heavy atom. The highest BCUT2D eigenvalue weighted by Gasteiger charge is 2.41. The Labute approximate surface area is 103 Å². The second-order valence-corrected chi connectivity index (χ2v) is 5.27. The molecule has 0 bridgehead atoms. The molecule has 0 heterocycles. The van der Waals surface area contributed by atoms with Crippen molar-refractivity contribution in [1.82, 2.24) is 5.32 Å². The summed E-state index contributed by atoms with van der Waals surface area (Å²) < 4.78 is 4.81. The summed E-state index contributed by atoms with van der Waals surface area (Å²) >= 11 is 0. The molecule has 4 heteroatoms. The van der Waals surface area contributed by atoms with E-state index in [1.807, 2.05) is 0 Å². The van der Waals surface area contributed by atoms with E-state index in [9.17, 15) is 9.90 Å². The van der Waals surface area contributed by atoms with Gasteiger partial charge in [0.05, 0.1) is 19.1 Å². The Morgan fingerprint density at radius 3 is 2.41 bits per heavy atom. The molecular weight excluding hydrogens is 218 g/mol. The molecule has 2 fully saturated rings. The predicted molar refractivity (Wildman–Crippen MR) is 64.5 cm³/mol. The SMILES string of the molecule is CCOC(=O)CC(O)CNC(C1CC1)C1CC1. The molecule has 2 N–H and O–H groups in total. The van der Waals surface area contributed by atoms with E-state index in [-0.39, 0.29) is 12.4 Å². The summed E-state index contributed by atoms with van der Waals surface area (Å²) in [6.07, 6.45) is 4.77. The van der Waals surface area contributed by atoms with E-state index in [4.69, 9.17) is 4.74 Å². The van der Waals surface area contributed by atoms with Crippen LogP contribution < -0.4 is 5.32 Å². The quantitative estimate of drug-likeness (QED) is 0.624. The van der Waals surface area contributed by atoms with Crippen molar-refractivity contribution in [2.24, 2.45) is 11.8 Å². The van der Waals surface area contributed by atoms with Crippen LogP contribution in [0.4, 0.5) is 0 Å². The van der Waals surface area contributed by atoms with Crippen molar-refractivity contribution in [3.05, 3.63) is 0 Å². The lowest BCUT2D eigenvalue weighted by atomic mass is 10.1. The van der Waals surface area contributed by atoms with E-state index in [2.05, 4.69) is 5.32 Å². The summed E-state index contributed by atoms with van der Waals surface area (Å²) in [7, 11) is 0. The number of aliphatic hydroxyl groups excluding tert-OH is 1. The largest absolute Gasteiger partial charge is 0.466 e. The molecule has 0 aromatic carbocycles. The zero-order valence-electron chi connectivity index (χ0n) is 10.5. The number of esters is 1. The Balaban J connectivity index is 1.64. The number of hydrogen-bond donors (Lipinski definition) is 2. The maximum atomic E-state index is 11.2. The van der Waals surface area contributed by atoms with E-state index in [0.717, 1.165) is 11.8 Å². The summed E-state index contributed by atoms with van der Waals surface area (Å²) in [6.45, 7) is 2.67. The lowest BCUT2D eigenvalue weighted by Gasteiger charge is -2.19. The molecule has 2 rings (SSSR count). The average molecular weight is 241 g/mol. The van der Waals surface area contributed by atoms with Gasteiger partial charge in [0.25, 0.3) is 0 Å². The summed E-state index contributed by atoms with van der Waals surface area (Å²) in [4.78, 5) is 11.2. The molecule has 4 nitrogen and oxygen atoms in total. The van der Waals surface area contributed by atoms with Crippen LogP contribution >= 0.6 is 0 Å². The molecule has 0 aromatic heterocycles. The van der Waals surface area contributed by atoms with Crippen LogP contribution in [0.1, 0.15) is 39.0 Å². The van der Waals surface area contributed by atoms with E-state index in [1.165, 1.54) is 25.7 Å². The first kappa shape index (κ1) is 12.8. The summed E-state index contributed by atoms with van der Waals surface area (Å²) in [6, 6.07) is 0.576. The van der Waals surface area contributed by atoms with Crippen LogP contribution in [-0.4, -0.2) is 36.4 Å². The molecule has 98 valence electrons. The summed E-state index contributed by atoms with van der Waals surface area (Å²) in [5.41, 5.74) is 0. The van der Waals surface area contributed by atoms with Crippen LogP contribution in [0.2, 0.25) is 0 Å². The van der Waals surface area contributed by atoms with Crippen molar-refractivity contribution in [3.63, 3.8) is 0 Å². The van der Waals surface area contributed by atoms with Crippen LogP contribution in [0.5, 0.6) is 0 Å². The second-order valence-electron chi connectivity index (χ2n) is 5.27. The van der Waals surface area contributed by atoms with E-state index < -0.39 is 6.10 Å². The highest BCUT2D eigenvalue weighted by molar-refractivity contribution is 5.69. The number of carbonyl (C=O) groups is 1. The molecule has 0 radical (unpaired) electrons. The maximum Gasteiger partial charge on any atom is 0.308 e. The van der Waals surface area contributed by atoms with Gasteiger partial charge in [0.15, 0.2) is 0 Å². The third kappa shape index (κ3) is 4.28. The molecule has 0 spiro atoms. The molecule has 0 saturated heterocycles. The van der Waals surface area contributed by atoms with Crippen molar-refractivity contribution in [1.29, 1.82) is 0 Å². The molecule has 1 atom stereocenters. The summed E-state index contributed by atoms with van der Waals surface area (Å²) in [5.74, 6) is 1.32. The Kier molecular flexibility index (Phi) is 4.40. The number of aliphatic hydroxyl groups is 1. The second kappa shape index (κ2) is 5.83. The smallest absolute Gasteiger partial charge is 0.308 e. The van der Waals surface area contributed by atoms with Crippen LogP contribution in [0.15, 0.2) is 0 Å². The van der Waals surface area contributed by atoms with Gasteiger partial charge >= 0.3 is 5.97 Å². The van der Waals surface area contributed by atoms with E-state index in [1.54, 1.807) is 6.92 Å². The molecular formula is C13H23NO3. The molecule has 2 saturated carbocycles. The molecule has 0 amide bonds. The van der Waals surface area contributed by atoms with Crippen molar-refractivity contribution >= 4 is 5.97 Å². The topological polar surface area (TPSA) is 58.6 Å². The van der Waals surface area contributed by atoms with Crippen molar-refractivity contribution in [2.75, 3.05) is 13.2 Å². The zero-order chi connectivity index (χ0) is 12.3. The van der Waals surface area contributed by atoms with Crippen molar-refractivity contribution in [3.8, 4) is 0 Å². The van der Waals surface area contributed by atoms with E-state index in [0.29, 0.717) is 19.2 Å². The predicted octanol–water partition coefficient (Wildman–Crippen LogP) is 1.08. The highest BCUT2D eigenvalue weighted by atomic mass is 16.5. The monoisotopic (exact) mass is 241 g/mol. The minimum absolute atomic E-state index is 0.100. The maximum absolute atomic E-state index is 11.2. The van der Waals surface area contributed by atoms with Crippen molar-refractivity contribution in [2.45, 2.75) is 51.2 Å². The van der Waals surface area contributed by atoms with Crippen LogP contribution in [-0.2, 0) is 9.53 Å². The first-order valence-electron chi connectivity index (χ1n) is 6.77. The van der Waals surface area contributed by atoms with E-state index >= 15 is 0 Å². The van der Waals surface area contributed by atoms with Gasteiger partial charge in [-0.3, -0.25) is 4.79 Å². The fourth-order valence-electron chi connectivity index (χ4n) is 2.39. The van der Waals surface area contributed by atoms with Crippen LogP contribution in [0.3, 0.4) is 0 Å². The molecule has 1 unspecified atom stereocenters. The standard InChI is InChI=1S/C13H23NO3/c1-2-17-12(16)7-11(15)8-14-13(9-3-4-9)10-5-6-10/h9-11,13-15H,2-8H2,1H3. The molecule has 2 aliphatic carbocycles. The molecule has 17 heavy (non-hydrogen) atoms. The van der Waals surface area contributed by atoms with Crippen LogP contribution in [0, 0.1) is 11.8 Å². The minimum atomic E-state index is -0.617.